The van der Waals surface area contributed by atoms with Crippen LogP contribution >= 0.6 is 0 Å². The van der Waals surface area contributed by atoms with Gasteiger partial charge in [0.15, 0.2) is 5.82 Å². The number of nitrogens with one attached hydrogen (secondary N) is 1. The van der Waals surface area contributed by atoms with Gasteiger partial charge in [0.25, 0.3) is 0 Å². The molecule has 106 valence electrons. The van der Waals surface area contributed by atoms with E-state index in [0.29, 0.717) is 5.92 Å². The minimum Gasteiger partial charge on any atom is -0.373 e. The fourth-order valence-electron chi connectivity index (χ4n) is 2.50. The van der Waals surface area contributed by atoms with Crippen LogP contribution in [-0.4, -0.2) is 23.6 Å². The van der Waals surface area contributed by atoms with E-state index in [2.05, 4.69) is 31.1 Å². The molecule has 1 aromatic rings. The van der Waals surface area contributed by atoms with Crippen LogP contribution in [-0.2, 0) is 16.8 Å². The lowest BCUT2D eigenvalue weighted by Gasteiger charge is -2.32. The van der Waals surface area contributed by atoms with Crippen molar-refractivity contribution < 1.29 is 4.74 Å². The lowest BCUT2D eigenvalue weighted by Crippen LogP contribution is -2.33. The molecule has 0 saturated carbocycles. The van der Waals surface area contributed by atoms with Crippen LogP contribution in [0.4, 0.5) is 5.82 Å². The monoisotopic (exact) mass is 263 g/mol. The quantitative estimate of drug-likeness (QED) is 0.906. The van der Waals surface area contributed by atoms with Crippen LogP contribution in [0.2, 0.25) is 0 Å². The topological polar surface area (TPSA) is 47.0 Å². The molecule has 0 radical (unpaired) electrons. The number of hydrogen-bond acceptors (Lipinski definition) is 4. The Hall–Kier alpha value is -1.16. The number of ether oxygens (including phenoxy) is 1. The summed E-state index contributed by atoms with van der Waals surface area (Å²) in [4.78, 5) is 9.35. The Morgan fingerprint density at radius 2 is 2.16 bits per heavy atom. The first-order valence-corrected chi connectivity index (χ1v) is 7.23. The van der Waals surface area contributed by atoms with Crippen molar-refractivity contribution in [3.05, 3.63) is 17.6 Å². The molecule has 0 spiro atoms. The Morgan fingerprint density at radius 3 is 2.74 bits per heavy atom. The van der Waals surface area contributed by atoms with E-state index in [1.165, 1.54) is 6.42 Å². The molecule has 1 saturated heterocycles. The van der Waals surface area contributed by atoms with Crippen LogP contribution in [0.5, 0.6) is 0 Å². The van der Waals surface area contributed by atoms with Gasteiger partial charge in [0.1, 0.15) is 11.4 Å². The molecular formula is C15H25N3O. The second kappa shape index (κ2) is 5.87. The Kier molecular flexibility index (Phi) is 4.40. The summed E-state index contributed by atoms with van der Waals surface area (Å²) in [5.41, 5.74) is 0.774. The highest BCUT2D eigenvalue weighted by Gasteiger charge is 2.33. The molecule has 1 N–H and O–H groups in total. The van der Waals surface area contributed by atoms with Gasteiger partial charge in [-0.05, 0) is 38.5 Å². The molecular weight excluding hydrogens is 238 g/mol. The van der Waals surface area contributed by atoms with Crippen molar-refractivity contribution in [2.45, 2.75) is 52.1 Å². The highest BCUT2D eigenvalue weighted by atomic mass is 16.5. The zero-order valence-corrected chi connectivity index (χ0v) is 12.5. The maximum Gasteiger partial charge on any atom is 0.162 e. The van der Waals surface area contributed by atoms with Crippen molar-refractivity contribution in [1.29, 1.82) is 0 Å². The van der Waals surface area contributed by atoms with E-state index < -0.39 is 0 Å². The number of rotatable bonds is 4. The van der Waals surface area contributed by atoms with Gasteiger partial charge in [-0.25, -0.2) is 9.97 Å². The summed E-state index contributed by atoms with van der Waals surface area (Å²) in [7, 11) is 1.90. The molecule has 4 nitrogen and oxygen atoms in total. The molecule has 1 fully saturated rings. The third kappa shape index (κ3) is 3.44. The van der Waals surface area contributed by atoms with E-state index in [1.54, 1.807) is 0 Å². The molecule has 0 bridgehead atoms. The summed E-state index contributed by atoms with van der Waals surface area (Å²) in [6.45, 7) is 7.34. The summed E-state index contributed by atoms with van der Waals surface area (Å²) in [6.07, 6.45) is 4.30. The van der Waals surface area contributed by atoms with Crippen LogP contribution in [0.25, 0.3) is 0 Å². The van der Waals surface area contributed by atoms with Gasteiger partial charge in [-0.15, -0.1) is 0 Å². The highest BCUT2D eigenvalue weighted by Crippen LogP contribution is 2.33. The predicted molar refractivity (Wildman–Crippen MR) is 77.3 cm³/mol. The Balaban J connectivity index is 2.32. The number of hydrogen-bond donors (Lipinski definition) is 1. The van der Waals surface area contributed by atoms with Gasteiger partial charge in [-0.1, -0.05) is 13.8 Å². The number of anilines is 1. The van der Waals surface area contributed by atoms with Crippen LogP contribution in [0.15, 0.2) is 6.07 Å². The van der Waals surface area contributed by atoms with Crippen LogP contribution in [0.1, 0.15) is 51.6 Å². The summed E-state index contributed by atoms with van der Waals surface area (Å²) >= 11 is 0. The molecule has 2 heterocycles. The zero-order chi connectivity index (χ0) is 13.9. The molecule has 0 aromatic carbocycles. The summed E-state index contributed by atoms with van der Waals surface area (Å²) < 4.78 is 5.96. The van der Waals surface area contributed by atoms with Crippen molar-refractivity contribution >= 4 is 5.82 Å². The number of nitrogens with zero attached hydrogens (tertiary/aromatic N) is 2. The molecule has 2 rings (SSSR count). The third-order valence-corrected chi connectivity index (χ3v) is 3.59. The first-order chi connectivity index (χ1) is 9.03. The largest absolute Gasteiger partial charge is 0.373 e. The van der Waals surface area contributed by atoms with E-state index >= 15 is 0 Å². The average molecular weight is 263 g/mol. The van der Waals surface area contributed by atoms with Crippen LogP contribution in [0, 0.1) is 5.92 Å². The first-order valence-electron chi connectivity index (χ1n) is 7.23. The standard InChI is InChI=1S/C15H25N3O/c1-11(2)9-12-10-13(16-4)18-14(17-12)15(3)7-5-6-8-19-15/h10-11H,5-9H2,1-4H3,(H,16,17,18). The zero-order valence-electron chi connectivity index (χ0n) is 12.5. The van der Waals surface area contributed by atoms with Gasteiger partial charge in [0, 0.05) is 25.4 Å². The second-order valence-electron chi connectivity index (χ2n) is 5.95. The fraction of sp³-hybridized carbons (Fsp3) is 0.733. The van der Waals surface area contributed by atoms with Crippen molar-refractivity contribution in [1.82, 2.24) is 9.97 Å². The predicted octanol–water partition coefficient (Wildman–Crippen LogP) is 3.13. The summed E-state index contributed by atoms with van der Waals surface area (Å²) in [6, 6.07) is 2.04. The van der Waals surface area contributed by atoms with Crippen molar-refractivity contribution in [2.75, 3.05) is 19.0 Å². The summed E-state index contributed by atoms with van der Waals surface area (Å²) in [5.74, 6) is 2.30. The maximum atomic E-state index is 5.96. The van der Waals surface area contributed by atoms with E-state index in [1.807, 2.05) is 13.1 Å². The van der Waals surface area contributed by atoms with Crippen molar-refractivity contribution in [3.8, 4) is 0 Å². The Bertz CT molecular complexity index is 425. The van der Waals surface area contributed by atoms with Crippen LogP contribution in [0.3, 0.4) is 0 Å². The van der Waals surface area contributed by atoms with E-state index in [9.17, 15) is 0 Å². The lowest BCUT2D eigenvalue weighted by molar-refractivity contribution is -0.0761. The molecule has 1 aromatic heterocycles. The molecule has 4 heteroatoms. The minimum atomic E-state index is -0.323. The van der Waals surface area contributed by atoms with Gasteiger partial charge in [-0.3, -0.25) is 0 Å². The fourth-order valence-corrected chi connectivity index (χ4v) is 2.50. The highest BCUT2D eigenvalue weighted by molar-refractivity contribution is 5.36. The molecule has 0 aliphatic carbocycles. The summed E-state index contributed by atoms with van der Waals surface area (Å²) in [5, 5.41) is 3.13. The van der Waals surface area contributed by atoms with Crippen molar-refractivity contribution in [2.24, 2.45) is 5.92 Å². The maximum absolute atomic E-state index is 5.96. The van der Waals surface area contributed by atoms with Crippen molar-refractivity contribution in [3.63, 3.8) is 0 Å². The lowest BCUT2D eigenvalue weighted by atomic mass is 9.94. The SMILES string of the molecule is CNc1cc(CC(C)C)nc(C2(C)CCCCO2)n1. The van der Waals surface area contributed by atoms with Gasteiger partial charge >= 0.3 is 0 Å². The molecule has 1 atom stereocenters. The third-order valence-electron chi connectivity index (χ3n) is 3.59. The van der Waals surface area contributed by atoms with E-state index in [4.69, 9.17) is 9.72 Å². The number of aromatic nitrogens is 2. The molecule has 1 aliphatic heterocycles. The van der Waals surface area contributed by atoms with Gasteiger partial charge < -0.3 is 10.1 Å². The average Bonchev–Trinajstić information content (AvgIpc) is 2.38. The van der Waals surface area contributed by atoms with Crippen LogP contribution < -0.4 is 5.32 Å². The second-order valence-corrected chi connectivity index (χ2v) is 5.95. The van der Waals surface area contributed by atoms with E-state index in [0.717, 1.165) is 43.2 Å². The molecule has 0 amide bonds. The first kappa shape index (κ1) is 14.3. The minimum absolute atomic E-state index is 0.323. The Morgan fingerprint density at radius 1 is 1.37 bits per heavy atom. The van der Waals surface area contributed by atoms with Gasteiger partial charge in [-0.2, -0.15) is 0 Å². The van der Waals surface area contributed by atoms with Gasteiger partial charge in [0.2, 0.25) is 0 Å². The Labute approximate surface area is 116 Å². The normalized spacial score (nSPS) is 23.6. The molecule has 1 aliphatic rings. The van der Waals surface area contributed by atoms with Gasteiger partial charge in [0.05, 0.1) is 0 Å². The molecule has 19 heavy (non-hydrogen) atoms. The molecule has 1 unspecified atom stereocenters. The smallest absolute Gasteiger partial charge is 0.162 e. The van der Waals surface area contributed by atoms with E-state index in [-0.39, 0.29) is 5.60 Å².